The maximum absolute atomic E-state index is 12.4. The first-order chi connectivity index (χ1) is 14.3. The molecular weight excluding hydrogens is 406 g/mol. The molecule has 14 heteroatoms. The summed E-state index contributed by atoms with van der Waals surface area (Å²) in [6, 6.07) is -1.03. The van der Waals surface area contributed by atoms with Gasteiger partial charge in [-0.2, -0.15) is 4.98 Å². The normalized spacial score (nSPS) is 34.3. The molecule has 4 heterocycles. The quantitative estimate of drug-likeness (QED) is 0.229. The van der Waals surface area contributed by atoms with Crippen molar-refractivity contribution in [2.45, 2.75) is 49.2 Å². The van der Waals surface area contributed by atoms with E-state index in [9.17, 15) is 30.0 Å². The summed E-state index contributed by atoms with van der Waals surface area (Å²) < 4.78 is 11.6. The second kappa shape index (κ2) is 7.90. The van der Waals surface area contributed by atoms with Gasteiger partial charge in [0, 0.05) is 6.42 Å². The molecule has 30 heavy (non-hydrogen) atoms. The summed E-state index contributed by atoms with van der Waals surface area (Å²) in [5.74, 6) is -0.864. The molecular formula is C16H21N5O9. The predicted molar refractivity (Wildman–Crippen MR) is 96.2 cm³/mol. The van der Waals surface area contributed by atoms with E-state index < -0.39 is 67.5 Å². The molecule has 2 aromatic rings. The monoisotopic (exact) mass is 427 g/mol. The fourth-order valence-electron chi connectivity index (χ4n) is 3.53. The Hall–Kier alpha value is -2.62. The number of aromatic amines is 1. The minimum atomic E-state index is -1.41. The zero-order valence-corrected chi connectivity index (χ0v) is 15.5. The number of aliphatic hydroxyl groups excluding tert-OH is 5. The first-order valence-corrected chi connectivity index (χ1v) is 9.19. The lowest BCUT2D eigenvalue weighted by molar-refractivity contribution is -0.168. The van der Waals surface area contributed by atoms with Crippen LogP contribution in [0.5, 0.6) is 0 Å². The summed E-state index contributed by atoms with van der Waals surface area (Å²) in [7, 11) is 0. The van der Waals surface area contributed by atoms with Gasteiger partial charge in [-0.3, -0.25) is 14.3 Å². The van der Waals surface area contributed by atoms with Crippen molar-refractivity contribution < 1.29 is 39.8 Å². The first-order valence-electron chi connectivity index (χ1n) is 9.19. The molecule has 0 radical (unpaired) electrons. The summed E-state index contributed by atoms with van der Waals surface area (Å²) in [6.45, 7) is -1.05. The molecule has 2 saturated heterocycles. The molecule has 0 saturated carbocycles. The minimum absolute atomic E-state index is 0.00551. The van der Waals surface area contributed by atoms with E-state index >= 15 is 0 Å². The SMILES string of the molecule is O=C1OC(CO)C(O)CC1Nc1nc2c(ncn2C2OC(CO)C(O)C2O)c(=O)[nH]1. The van der Waals surface area contributed by atoms with Gasteiger partial charge in [0.2, 0.25) is 5.95 Å². The molecule has 7 unspecified atom stereocenters. The number of fused-ring (bicyclic) bond motifs is 1. The maximum atomic E-state index is 12.4. The van der Waals surface area contributed by atoms with Gasteiger partial charge in [-0.05, 0) is 0 Å². The Kier molecular flexibility index (Phi) is 5.44. The Bertz CT molecular complexity index is 993. The number of ether oxygens (including phenoxy) is 2. The number of cyclic esters (lactones) is 1. The van der Waals surface area contributed by atoms with Gasteiger partial charge < -0.3 is 40.3 Å². The number of aromatic nitrogens is 4. The Morgan fingerprint density at radius 2 is 1.90 bits per heavy atom. The zero-order chi connectivity index (χ0) is 21.6. The van der Waals surface area contributed by atoms with Crippen LogP contribution in [0.25, 0.3) is 11.2 Å². The van der Waals surface area contributed by atoms with Gasteiger partial charge in [-0.1, -0.05) is 0 Å². The van der Waals surface area contributed by atoms with Crippen LogP contribution < -0.4 is 10.9 Å². The van der Waals surface area contributed by atoms with Gasteiger partial charge in [0.15, 0.2) is 23.5 Å². The van der Waals surface area contributed by atoms with E-state index in [2.05, 4.69) is 20.3 Å². The van der Waals surface area contributed by atoms with Crippen LogP contribution in [0.15, 0.2) is 11.1 Å². The van der Waals surface area contributed by atoms with Gasteiger partial charge in [0.05, 0.1) is 25.6 Å². The third kappa shape index (κ3) is 3.42. The molecule has 0 bridgehead atoms. The molecule has 2 aliphatic rings. The van der Waals surface area contributed by atoms with Gasteiger partial charge in [-0.25, -0.2) is 9.78 Å². The van der Waals surface area contributed by atoms with Gasteiger partial charge in [-0.15, -0.1) is 0 Å². The number of carbonyl (C=O) groups is 1. The Labute approximate surface area is 167 Å². The molecule has 14 nitrogen and oxygen atoms in total. The maximum Gasteiger partial charge on any atom is 0.329 e. The van der Waals surface area contributed by atoms with Crippen LogP contribution >= 0.6 is 0 Å². The van der Waals surface area contributed by atoms with Crippen molar-refractivity contribution in [2.75, 3.05) is 18.5 Å². The second-order valence-corrected chi connectivity index (χ2v) is 7.13. The van der Waals surface area contributed by atoms with Crippen LogP contribution in [-0.4, -0.2) is 101 Å². The molecule has 7 atom stereocenters. The number of H-pyrrole nitrogens is 1. The molecule has 2 fully saturated rings. The van der Waals surface area contributed by atoms with Crippen molar-refractivity contribution in [1.82, 2.24) is 19.5 Å². The van der Waals surface area contributed by atoms with Gasteiger partial charge >= 0.3 is 5.97 Å². The molecule has 0 spiro atoms. The molecule has 4 rings (SSSR count). The van der Waals surface area contributed by atoms with E-state index in [0.29, 0.717) is 0 Å². The standard InChI is InChI=1S/C16H21N5O9/c22-2-7-6(24)1-5(15(28)30-7)18-16-19-12-9(13(27)20-16)17-4-21(12)14-11(26)10(25)8(3-23)29-14/h4-8,10-11,14,22-26H,1-3H2,(H2,18,19,20,27). The van der Waals surface area contributed by atoms with Crippen LogP contribution in [0.2, 0.25) is 0 Å². The lowest BCUT2D eigenvalue weighted by Gasteiger charge is -2.31. The molecule has 7 N–H and O–H groups in total. The van der Waals surface area contributed by atoms with Crippen molar-refractivity contribution in [3.63, 3.8) is 0 Å². The van der Waals surface area contributed by atoms with Crippen LogP contribution in [0.3, 0.4) is 0 Å². The highest BCUT2D eigenvalue weighted by molar-refractivity contribution is 5.80. The summed E-state index contributed by atoms with van der Waals surface area (Å²) in [5, 5.41) is 51.2. The van der Waals surface area contributed by atoms with Gasteiger partial charge in [0.1, 0.15) is 24.4 Å². The minimum Gasteiger partial charge on any atom is -0.456 e. The Morgan fingerprint density at radius 3 is 2.57 bits per heavy atom. The molecule has 0 aliphatic carbocycles. The number of carbonyl (C=O) groups excluding carboxylic acids is 1. The molecule has 2 aliphatic heterocycles. The third-order valence-corrected chi connectivity index (χ3v) is 5.17. The van der Waals surface area contributed by atoms with Crippen LogP contribution in [-0.2, 0) is 14.3 Å². The number of anilines is 1. The van der Waals surface area contributed by atoms with Crippen molar-refractivity contribution >= 4 is 23.1 Å². The highest BCUT2D eigenvalue weighted by atomic mass is 16.6. The highest BCUT2D eigenvalue weighted by Crippen LogP contribution is 2.31. The molecule has 164 valence electrons. The average molecular weight is 427 g/mol. The third-order valence-electron chi connectivity index (χ3n) is 5.17. The van der Waals surface area contributed by atoms with Crippen LogP contribution in [0.4, 0.5) is 5.95 Å². The summed E-state index contributed by atoms with van der Waals surface area (Å²) >= 11 is 0. The second-order valence-electron chi connectivity index (χ2n) is 7.13. The summed E-state index contributed by atoms with van der Waals surface area (Å²) in [4.78, 5) is 35.0. The summed E-state index contributed by atoms with van der Waals surface area (Å²) in [5.41, 5.74) is -0.732. The average Bonchev–Trinajstić information content (AvgIpc) is 3.26. The number of hydrogen-bond acceptors (Lipinski definition) is 12. The van der Waals surface area contributed by atoms with E-state index in [1.54, 1.807) is 0 Å². The molecule has 0 amide bonds. The molecule has 2 aromatic heterocycles. The van der Waals surface area contributed by atoms with Crippen molar-refractivity contribution in [2.24, 2.45) is 0 Å². The van der Waals surface area contributed by atoms with E-state index in [0.717, 1.165) is 0 Å². The van der Waals surface area contributed by atoms with Crippen molar-refractivity contribution in [3.05, 3.63) is 16.7 Å². The number of nitrogens with zero attached hydrogens (tertiary/aromatic N) is 3. The topological polar surface area (TPSA) is 212 Å². The fraction of sp³-hybridized carbons (Fsp3) is 0.625. The van der Waals surface area contributed by atoms with Crippen molar-refractivity contribution in [3.8, 4) is 0 Å². The summed E-state index contributed by atoms with van der Waals surface area (Å²) in [6.07, 6.45) is -5.97. The van der Waals surface area contributed by atoms with E-state index in [1.807, 2.05) is 0 Å². The number of hydrogen-bond donors (Lipinski definition) is 7. The lowest BCUT2D eigenvalue weighted by atomic mass is 10.0. The lowest BCUT2D eigenvalue weighted by Crippen LogP contribution is -2.49. The van der Waals surface area contributed by atoms with Crippen molar-refractivity contribution in [1.29, 1.82) is 0 Å². The predicted octanol–water partition coefficient (Wildman–Crippen LogP) is -3.82. The number of imidazole rings is 1. The first kappa shape index (κ1) is 20.6. The highest BCUT2D eigenvalue weighted by Gasteiger charge is 2.44. The molecule has 0 aromatic carbocycles. The van der Waals surface area contributed by atoms with Gasteiger partial charge in [0.25, 0.3) is 5.56 Å². The smallest absolute Gasteiger partial charge is 0.329 e. The van der Waals surface area contributed by atoms with E-state index in [-0.39, 0.29) is 23.5 Å². The number of nitrogens with one attached hydrogen (secondary N) is 2. The fourth-order valence-corrected chi connectivity index (χ4v) is 3.53. The van der Waals surface area contributed by atoms with Crippen LogP contribution in [0, 0.1) is 0 Å². The van der Waals surface area contributed by atoms with E-state index in [4.69, 9.17) is 14.6 Å². The number of esters is 1. The zero-order valence-electron chi connectivity index (χ0n) is 15.5. The number of rotatable bonds is 5. The van der Waals surface area contributed by atoms with E-state index in [1.165, 1.54) is 10.9 Å². The largest absolute Gasteiger partial charge is 0.456 e. The number of aliphatic hydroxyl groups is 5. The van der Waals surface area contributed by atoms with Crippen LogP contribution in [0.1, 0.15) is 12.6 Å². The Balaban J connectivity index is 1.63. The Morgan fingerprint density at radius 1 is 1.17 bits per heavy atom.